The van der Waals surface area contributed by atoms with E-state index in [4.69, 9.17) is 4.84 Å². The molecule has 1 N–H and O–H groups in total. The number of carbonyl (C=O) groups is 1. The topological polar surface area (TPSA) is 41.6 Å². The number of nitrogens with one attached hydrogen (secondary N) is 1. The molecule has 4 nitrogen and oxygen atoms in total. The summed E-state index contributed by atoms with van der Waals surface area (Å²) < 4.78 is 0. The molecule has 2 aliphatic heterocycles. The average molecular weight is 226 g/mol. The minimum absolute atomic E-state index is 0.196. The Bertz CT molecular complexity index is 243. The SMILES string of the molecule is CCC1(C(=O)N2CCCCO2)CCCNC1. The molecular formula is C12H22N2O2. The lowest BCUT2D eigenvalue weighted by Crippen LogP contribution is -2.52. The van der Waals surface area contributed by atoms with E-state index in [1.54, 1.807) is 5.06 Å². The smallest absolute Gasteiger partial charge is 0.253 e. The Hall–Kier alpha value is -0.610. The number of amides is 1. The highest BCUT2D eigenvalue weighted by molar-refractivity contribution is 5.82. The Kier molecular flexibility index (Phi) is 3.82. The molecule has 92 valence electrons. The van der Waals surface area contributed by atoms with Gasteiger partial charge in [-0.2, -0.15) is 0 Å². The Labute approximate surface area is 97.3 Å². The minimum atomic E-state index is -0.213. The zero-order valence-corrected chi connectivity index (χ0v) is 10.1. The molecular weight excluding hydrogens is 204 g/mol. The summed E-state index contributed by atoms with van der Waals surface area (Å²) in [6.45, 7) is 5.41. The van der Waals surface area contributed by atoms with Crippen LogP contribution in [-0.4, -0.2) is 37.2 Å². The molecule has 0 aromatic heterocycles. The summed E-state index contributed by atoms with van der Waals surface area (Å²) >= 11 is 0. The van der Waals surface area contributed by atoms with Crippen LogP contribution in [0.4, 0.5) is 0 Å². The van der Waals surface area contributed by atoms with Crippen LogP contribution in [0, 0.1) is 5.41 Å². The lowest BCUT2D eigenvalue weighted by Gasteiger charge is -2.39. The molecule has 0 aliphatic carbocycles. The van der Waals surface area contributed by atoms with Crippen LogP contribution in [0.5, 0.6) is 0 Å². The molecule has 2 rings (SSSR count). The molecule has 4 heteroatoms. The van der Waals surface area contributed by atoms with E-state index < -0.39 is 0 Å². The van der Waals surface area contributed by atoms with E-state index >= 15 is 0 Å². The summed E-state index contributed by atoms with van der Waals surface area (Å²) in [4.78, 5) is 17.9. The third-order valence-electron chi connectivity index (χ3n) is 3.83. The first-order chi connectivity index (χ1) is 7.78. The molecule has 0 saturated carbocycles. The summed E-state index contributed by atoms with van der Waals surface area (Å²) in [6.07, 6.45) is 5.13. The normalized spacial score (nSPS) is 31.4. The van der Waals surface area contributed by atoms with E-state index in [9.17, 15) is 4.79 Å². The van der Waals surface area contributed by atoms with Crippen molar-refractivity contribution < 1.29 is 9.63 Å². The van der Waals surface area contributed by atoms with Crippen molar-refractivity contribution in [3.8, 4) is 0 Å². The maximum absolute atomic E-state index is 12.5. The van der Waals surface area contributed by atoms with E-state index in [2.05, 4.69) is 12.2 Å². The Morgan fingerprint density at radius 1 is 1.44 bits per heavy atom. The fraction of sp³-hybridized carbons (Fsp3) is 0.917. The Morgan fingerprint density at radius 3 is 2.88 bits per heavy atom. The van der Waals surface area contributed by atoms with Crippen LogP contribution in [0.15, 0.2) is 0 Å². The number of hydrogen-bond acceptors (Lipinski definition) is 3. The first-order valence-corrected chi connectivity index (χ1v) is 6.44. The van der Waals surface area contributed by atoms with Crippen LogP contribution in [-0.2, 0) is 9.63 Å². The molecule has 16 heavy (non-hydrogen) atoms. The number of carbonyl (C=O) groups excluding carboxylic acids is 1. The molecule has 0 aromatic carbocycles. The zero-order valence-electron chi connectivity index (χ0n) is 10.1. The Balaban J connectivity index is 2.04. The van der Waals surface area contributed by atoms with Crippen molar-refractivity contribution in [3.05, 3.63) is 0 Å². The molecule has 2 fully saturated rings. The van der Waals surface area contributed by atoms with Crippen LogP contribution < -0.4 is 5.32 Å². The van der Waals surface area contributed by atoms with Crippen molar-refractivity contribution in [3.63, 3.8) is 0 Å². The van der Waals surface area contributed by atoms with Crippen LogP contribution in [0.3, 0.4) is 0 Å². The van der Waals surface area contributed by atoms with E-state index in [1.807, 2.05) is 0 Å². The summed E-state index contributed by atoms with van der Waals surface area (Å²) in [5, 5.41) is 4.95. The summed E-state index contributed by atoms with van der Waals surface area (Å²) in [5.41, 5.74) is -0.213. The van der Waals surface area contributed by atoms with E-state index in [0.717, 1.165) is 51.7 Å². The van der Waals surface area contributed by atoms with Gasteiger partial charge in [0.15, 0.2) is 0 Å². The molecule has 1 atom stereocenters. The van der Waals surface area contributed by atoms with Gasteiger partial charge in [-0.05, 0) is 38.6 Å². The monoisotopic (exact) mass is 226 g/mol. The van der Waals surface area contributed by atoms with Gasteiger partial charge in [0, 0.05) is 13.1 Å². The molecule has 2 aliphatic rings. The number of piperidine rings is 1. The lowest BCUT2D eigenvalue weighted by molar-refractivity contribution is -0.208. The summed E-state index contributed by atoms with van der Waals surface area (Å²) in [7, 11) is 0. The molecule has 2 heterocycles. The highest BCUT2D eigenvalue weighted by Gasteiger charge is 2.41. The quantitative estimate of drug-likeness (QED) is 0.772. The van der Waals surface area contributed by atoms with Gasteiger partial charge in [0.05, 0.1) is 12.0 Å². The Morgan fingerprint density at radius 2 is 2.31 bits per heavy atom. The van der Waals surface area contributed by atoms with Crippen LogP contribution >= 0.6 is 0 Å². The molecule has 0 spiro atoms. The van der Waals surface area contributed by atoms with Gasteiger partial charge in [0.1, 0.15) is 0 Å². The van der Waals surface area contributed by atoms with Gasteiger partial charge in [0.25, 0.3) is 5.91 Å². The fourth-order valence-corrected chi connectivity index (χ4v) is 2.62. The summed E-state index contributed by atoms with van der Waals surface area (Å²) in [5.74, 6) is 0.196. The molecule has 1 unspecified atom stereocenters. The fourth-order valence-electron chi connectivity index (χ4n) is 2.62. The van der Waals surface area contributed by atoms with Crippen molar-refractivity contribution in [2.75, 3.05) is 26.2 Å². The van der Waals surface area contributed by atoms with E-state index in [0.29, 0.717) is 6.61 Å². The van der Waals surface area contributed by atoms with Gasteiger partial charge < -0.3 is 5.32 Å². The molecule has 0 aromatic rings. The van der Waals surface area contributed by atoms with Crippen molar-refractivity contribution in [2.45, 2.75) is 39.0 Å². The van der Waals surface area contributed by atoms with Gasteiger partial charge in [-0.3, -0.25) is 9.63 Å². The standard InChI is InChI=1S/C12H22N2O2/c1-2-12(6-5-7-13-10-12)11(15)14-8-3-4-9-16-14/h13H,2-10H2,1H3. The molecule has 2 saturated heterocycles. The predicted molar refractivity (Wildman–Crippen MR) is 61.7 cm³/mol. The molecule has 0 radical (unpaired) electrons. The van der Waals surface area contributed by atoms with Crippen molar-refractivity contribution in [1.29, 1.82) is 0 Å². The van der Waals surface area contributed by atoms with Gasteiger partial charge >= 0.3 is 0 Å². The van der Waals surface area contributed by atoms with Gasteiger partial charge in [0.2, 0.25) is 0 Å². The van der Waals surface area contributed by atoms with Crippen LogP contribution in [0.2, 0.25) is 0 Å². The van der Waals surface area contributed by atoms with Crippen LogP contribution in [0.25, 0.3) is 0 Å². The van der Waals surface area contributed by atoms with Crippen molar-refractivity contribution >= 4 is 5.91 Å². The molecule has 0 bridgehead atoms. The highest BCUT2D eigenvalue weighted by Crippen LogP contribution is 2.33. The van der Waals surface area contributed by atoms with E-state index in [-0.39, 0.29) is 11.3 Å². The lowest BCUT2D eigenvalue weighted by atomic mass is 9.77. The maximum Gasteiger partial charge on any atom is 0.253 e. The second-order valence-electron chi connectivity index (χ2n) is 4.86. The highest BCUT2D eigenvalue weighted by atomic mass is 16.7. The third-order valence-corrected chi connectivity index (χ3v) is 3.83. The van der Waals surface area contributed by atoms with Crippen molar-refractivity contribution in [2.24, 2.45) is 5.41 Å². The number of hydrogen-bond donors (Lipinski definition) is 1. The first kappa shape index (κ1) is 11.9. The van der Waals surface area contributed by atoms with Gasteiger partial charge in [-0.25, -0.2) is 5.06 Å². The minimum Gasteiger partial charge on any atom is -0.316 e. The van der Waals surface area contributed by atoms with Gasteiger partial charge in [-0.1, -0.05) is 6.92 Å². The van der Waals surface area contributed by atoms with Gasteiger partial charge in [-0.15, -0.1) is 0 Å². The first-order valence-electron chi connectivity index (χ1n) is 6.44. The second-order valence-corrected chi connectivity index (χ2v) is 4.86. The predicted octanol–water partition coefficient (Wildman–Crippen LogP) is 1.32. The van der Waals surface area contributed by atoms with E-state index in [1.165, 1.54) is 0 Å². The maximum atomic E-state index is 12.5. The number of rotatable bonds is 2. The average Bonchev–Trinajstić information content (AvgIpc) is 2.39. The summed E-state index contributed by atoms with van der Waals surface area (Å²) in [6, 6.07) is 0. The largest absolute Gasteiger partial charge is 0.316 e. The molecule has 1 amide bonds. The number of nitrogens with zero attached hydrogens (tertiary/aromatic N) is 1. The van der Waals surface area contributed by atoms with Crippen LogP contribution in [0.1, 0.15) is 39.0 Å². The second kappa shape index (κ2) is 5.15. The number of hydroxylamine groups is 2. The zero-order chi connectivity index (χ0) is 11.4. The third kappa shape index (κ3) is 2.23. The van der Waals surface area contributed by atoms with Crippen molar-refractivity contribution in [1.82, 2.24) is 10.4 Å².